The quantitative estimate of drug-likeness (QED) is 0.930. The maximum atomic E-state index is 13.3. The van der Waals surface area contributed by atoms with Gasteiger partial charge in [-0.2, -0.15) is 15.0 Å². The molecule has 2 rings (SSSR count). The highest BCUT2D eigenvalue weighted by Gasteiger charge is 2.07. The van der Waals surface area contributed by atoms with Crippen LogP contribution in [-0.4, -0.2) is 29.2 Å². The molecule has 0 saturated carbocycles. The Labute approximate surface area is 113 Å². The van der Waals surface area contributed by atoms with Crippen LogP contribution >= 0.6 is 11.6 Å². The fourth-order valence-corrected chi connectivity index (χ4v) is 1.51. The van der Waals surface area contributed by atoms with Gasteiger partial charge in [-0.25, -0.2) is 4.39 Å². The minimum absolute atomic E-state index is 0.0299. The number of anilines is 2. The molecule has 0 amide bonds. The Hall–Kier alpha value is -2.15. The first-order chi connectivity index (χ1) is 9.10. The fraction of sp³-hybridized carbons (Fsp3) is 0.182. The SMILES string of the molecule is COc1cc(F)cc(Nc2nc(Cl)nc(OC)n2)c1. The highest BCUT2D eigenvalue weighted by molar-refractivity contribution is 6.28. The van der Waals surface area contributed by atoms with Crippen molar-refractivity contribution >= 4 is 23.2 Å². The lowest BCUT2D eigenvalue weighted by Crippen LogP contribution is -2.02. The van der Waals surface area contributed by atoms with Gasteiger partial charge in [-0.05, 0) is 17.7 Å². The molecule has 0 aliphatic carbocycles. The maximum Gasteiger partial charge on any atom is 0.322 e. The molecule has 0 fully saturated rings. The van der Waals surface area contributed by atoms with Crippen molar-refractivity contribution in [1.29, 1.82) is 0 Å². The Morgan fingerprint density at radius 3 is 2.58 bits per heavy atom. The predicted molar refractivity (Wildman–Crippen MR) is 67.6 cm³/mol. The Kier molecular flexibility index (Phi) is 3.96. The summed E-state index contributed by atoms with van der Waals surface area (Å²) in [6.45, 7) is 0. The van der Waals surface area contributed by atoms with Gasteiger partial charge in [-0.15, -0.1) is 0 Å². The summed E-state index contributed by atoms with van der Waals surface area (Å²) in [5.74, 6) is 0.0630. The lowest BCUT2D eigenvalue weighted by Gasteiger charge is -2.08. The lowest BCUT2D eigenvalue weighted by molar-refractivity contribution is 0.379. The van der Waals surface area contributed by atoms with Gasteiger partial charge in [0.1, 0.15) is 11.6 Å². The third-order valence-electron chi connectivity index (χ3n) is 2.13. The van der Waals surface area contributed by atoms with E-state index < -0.39 is 5.82 Å². The molecule has 0 aliphatic rings. The molecular formula is C11H10ClFN4O2. The molecule has 1 N–H and O–H groups in total. The maximum absolute atomic E-state index is 13.3. The predicted octanol–water partition coefficient (Wildman–Crippen LogP) is 2.42. The van der Waals surface area contributed by atoms with Crippen LogP contribution in [0.3, 0.4) is 0 Å². The largest absolute Gasteiger partial charge is 0.497 e. The second-order valence-electron chi connectivity index (χ2n) is 3.42. The van der Waals surface area contributed by atoms with Gasteiger partial charge in [-0.1, -0.05) is 0 Å². The summed E-state index contributed by atoms with van der Waals surface area (Å²) < 4.78 is 23.1. The van der Waals surface area contributed by atoms with Gasteiger partial charge in [0, 0.05) is 17.8 Å². The standard InChI is InChI=1S/C11H10ClFN4O2/c1-18-8-4-6(13)3-7(5-8)14-10-15-9(12)16-11(17-10)19-2/h3-5H,1-2H3,(H,14,15,16,17). The normalized spacial score (nSPS) is 10.1. The number of hydrogen-bond acceptors (Lipinski definition) is 6. The number of rotatable bonds is 4. The van der Waals surface area contributed by atoms with Gasteiger partial charge in [0.15, 0.2) is 0 Å². The molecule has 0 saturated heterocycles. The summed E-state index contributed by atoms with van der Waals surface area (Å²) in [5.41, 5.74) is 0.418. The van der Waals surface area contributed by atoms with Gasteiger partial charge in [-0.3, -0.25) is 0 Å². The van der Waals surface area contributed by atoms with Crippen LogP contribution in [0.2, 0.25) is 5.28 Å². The molecule has 100 valence electrons. The highest BCUT2D eigenvalue weighted by Crippen LogP contribution is 2.22. The molecule has 1 aromatic heterocycles. The number of benzene rings is 1. The van der Waals surface area contributed by atoms with Crippen molar-refractivity contribution in [2.45, 2.75) is 0 Å². The van der Waals surface area contributed by atoms with E-state index >= 15 is 0 Å². The van der Waals surface area contributed by atoms with Crippen molar-refractivity contribution < 1.29 is 13.9 Å². The second kappa shape index (κ2) is 5.66. The topological polar surface area (TPSA) is 69.2 Å². The van der Waals surface area contributed by atoms with Crippen LogP contribution in [0.4, 0.5) is 16.0 Å². The number of aromatic nitrogens is 3. The monoisotopic (exact) mass is 284 g/mol. The summed E-state index contributed by atoms with van der Waals surface area (Å²) in [6.07, 6.45) is 0. The van der Waals surface area contributed by atoms with E-state index in [2.05, 4.69) is 20.3 Å². The molecule has 1 heterocycles. The molecule has 0 spiro atoms. The van der Waals surface area contributed by atoms with Crippen LogP contribution in [0.1, 0.15) is 0 Å². The fourth-order valence-electron chi connectivity index (χ4n) is 1.36. The molecule has 1 aromatic carbocycles. The van der Waals surface area contributed by atoms with Crippen LogP contribution in [0.15, 0.2) is 18.2 Å². The summed E-state index contributed by atoms with van der Waals surface area (Å²) in [4.78, 5) is 11.5. The van der Waals surface area contributed by atoms with E-state index in [1.807, 2.05) is 0 Å². The van der Waals surface area contributed by atoms with Crippen LogP contribution < -0.4 is 14.8 Å². The van der Waals surface area contributed by atoms with Crippen molar-refractivity contribution in [3.8, 4) is 11.8 Å². The van der Waals surface area contributed by atoms with Crippen molar-refractivity contribution in [1.82, 2.24) is 15.0 Å². The van der Waals surface area contributed by atoms with Gasteiger partial charge >= 0.3 is 6.01 Å². The van der Waals surface area contributed by atoms with E-state index in [4.69, 9.17) is 21.1 Å². The Morgan fingerprint density at radius 1 is 1.11 bits per heavy atom. The molecule has 0 unspecified atom stereocenters. The number of nitrogens with one attached hydrogen (secondary N) is 1. The second-order valence-corrected chi connectivity index (χ2v) is 3.76. The number of nitrogens with zero attached hydrogens (tertiary/aromatic N) is 3. The van der Waals surface area contributed by atoms with E-state index in [0.717, 1.165) is 0 Å². The van der Waals surface area contributed by atoms with Crippen molar-refractivity contribution in [3.05, 3.63) is 29.3 Å². The third-order valence-corrected chi connectivity index (χ3v) is 2.30. The molecule has 0 radical (unpaired) electrons. The van der Waals surface area contributed by atoms with E-state index in [9.17, 15) is 4.39 Å². The van der Waals surface area contributed by atoms with Gasteiger partial charge < -0.3 is 14.8 Å². The molecule has 0 bridgehead atoms. The zero-order valence-electron chi connectivity index (χ0n) is 10.1. The Morgan fingerprint density at radius 2 is 1.89 bits per heavy atom. The molecular weight excluding hydrogens is 275 g/mol. The van der Waals surface area contributed by atoms with E-state index in [1.165, 1.54) is 26.4 Å². The van der Waals surface area contributed by atoms with Crippen LogP contribution in [0.25, 0.3) is 0 Å². The molecule has 0 atom stereocenters. The lowest BCUT2D eigenvalue weighted by atomic mass is 10.3. The molecule has 8 heteroatoms. The van der Waals surface area contributed by atoms with Crippen LogP contribution in [-0.2, 0) is 0 Å². The van der Waals surface area contributed by atoms with Gasteiger partial charge in [0.25, 0.3) is 0 Å². The van der Waals surface area contributed by atoms with Gasteiger partial charge in [0.05, 0.1) is 14.2 Å². The first-order valence-electron chi connectivity index (χ1n) is 5.18. The Balaban J connectivity index is 2.30. The van der Waals surface area contributed by atoms with Crippen LogP contribution in [0.5, 0.6) is 11.8 Å². The van der Waals surface area contributed by atoms with E-state index in [0.29, 0.717) is 11.4 Å². The summed E-state index contributed by atoms with van der Waals surface area (Å²) in [5, 5.41) is 2.76. The van der Waals surface area contributed by atoms with Crippen molar-refractivity contribution in [2.75, 3.05) is 19.5 Å². The smallest absolute Gasteiger partial charge is 0.322 e. The summed E-state index contributed by atoms with van der Waals surface area (Å²) >= 11 is 5.70. The number of methoxy groups -OCH3 is 2. The van der Waals surface area contributed by atoms with Crippen LogP contribution in [0, 0.1) is 5.82 Å². The molecule has 19 heavy (non-hydrogen) atoms. The average molecular weight is 285 g/mol. The zero-order chi connectivity index (χ0) is 13.8. The molecule has 6 nitrogen and oxygen atoms in total. The molecule has 2 aromatic rings. The summed E-state index contributed by atoms with van der Waals surface area (Å²) in [6, 6.07) is 4.18. The van der Waals surface area contributed by atoms with E-state index in [-0.39, 0.29) is 17.2 Å². The Bertz CT molecular complexity index is 545. The average Bonchev–Trinajstić information content (AvgIpc) is 2.37. The van der Waals surface area contributed by atoms with E-state index in [1.54, 1.807) is 6.07 Å². The van der Waals surface area contributed by atoms with Crippen molar-refractivity contribution in [2.24, 2.45) is 0 Å². The number of hydrogen-bond donors (Lipinski definition) is 1. The van der Waals surface area contributed by atoms with Gasteiger partial charge in [0.2, 0.25) is 11.2 Å². The van der Waals surface area contributed by atoms with Crippen molar-refractivity contribution in [3.63, 3.8) is 0 Å². The number of halogens is 2. The third kappa shape index (κ3) is 3.41. The molecule has 0 aliphatic heterocycles. The highest BCUT2D eigenvalue weighted by atomic mass is 35.5. The first-order valence-corrected chi connectivity index (χ1v) is 5.55. The first kappa shape index (κ1) is 13.3. The summed E-state index contributed by atoms with van der Waals surface area (Å²) in [7, 11) is 2.85. The minimum atomic E-state index is -0.450. The minimum Gasteiger partial charge on any atom is -0.497 e. The zero-order valence-corrected chi connectivity index (χ0v) is 10.9. The number of ether oxygens (including phenoxy) is 2.